The van der Waals surface area contributed by atoms with E-state index in [1.165, 1.54) is 25.2 Å². The first-order chi connectivity index (χ1) is 18.1. The summed E-state index contributed by atoms with van der Waals surface area (Å²) in [5.41, 5.74) is -1.18. The van der Waals surface area contributed by atoms with Gasteiger partial charge in [-0.15, -0.1) is 11.3 Å². The van der Waals surface area contributed by atoms with Crippen molar-refractivity contribution in [3.63, 3.8) is 0 Å². The molecule has 0 spiro atoms. The van der Waals surface area contributed by atoms with Crippen LogP contribution in [-0.2, 0) is 20.9 Å². The van der Waals surface area contributed by atoms with E-state index < -0.39 is 65.5 Å². The summed E-state index contributed by atoms with van der Waals surface area (Å²) in [7, 11) is 0. The number of aliphatic hydroxyl groups is 3. The zero-order valence-electron chi connectivity index (χ0n) is 22.9. The molecule has 11 heteroatoms. The molecule has 0 amide bonds. The maximum absolute atomic E-state index is 14.0. The lowest BCUT2D eigenvalue weighted by molar-refractivity contribution is -0.154. The number of halogens is 3. The first kappa shape index (κ1) is 31.4. The lowest BCUT2D eigenvalue weighted by Crippen LogP contribution is -2.46. The van der Waals surface area contributed by atoms with Crippen molar-refractivity contribution in [2.45, 2.75) is 91.4 Å². The summed E-state index contributed by atoms with van der Waals surface area (Å²) in [5, 5.41) is 33.2. The van der Waals surface area contributed by atoms with Gasteiger partial charge in [0.1, 0.15) is 16.9 Å². The number of allylic oxidation sites excluding steroid dienone is 1. The van der Waals surface area contributed by atoms with Gasteiger partial charge >= 0.3 is 12.1 Å². The molecule has 1 aromatic heterocycles. The number of cyclic esters (lactones) is 1. The number of thiazole rings is 1. The minimum Gasteiger partial charge on any atom is -0.457 e. The van der Waals surface area contributed by atoms with E-state index in [1.807, 2.05) is 0 Å². The number of ether oxygens (including phenoxy) is 1. The average molecular weight is 574 g/mol. The number of ketones is 1. The molecule has 7 nitrogen and oxygen atoms in total. The molecule has 1 aliphatic carbocycles. The molecule has 7 atom stereocenters. The summed E-state index contributed by atoms with van der Waals surface area (Å²) < 4.78 is 47.5. The Morgan fingerprint density at radius 1 is 1.23 bits per heavy atom. The predicted molar refractivity (Wildman–Crippen MR) is 140 cm³/mol. The fourth-order valence-electron chi connectivity index (χ4n) is 5.35. The largest absolute Gasteiger partial charge is 0.457 e. The van der Waals surface area contributed by atoms with Crippen molar-refractivity contribution < 1.29 is 42.8 Å². The number of carbonyl (C=O) groups excluding carboxylic acids is 2. The second-order valence-corrected chi connectivity index (χ2v) is 12.4. The number of fused-ring (bicyclic) bond motifs is 1. The van der Waals surface area contributed by atoms with Gasteiger partial charge in [0.25, 0.3) is 0 Å². The summed E-state index contributed by atoms with van der Waals surface area (Å²) in [6, 6.07) is 0. The van der Waals surface area contributed by atoms with E-state index in [-0.39, 0.29) is 31.3 Å². The van der Waals surface area contributed by atoms with E-state index in [0.717, 1.165) is 6.08 Å². The number of alkyl halides is 3. The number of hydrogen-bond acceptors (Lipinski definition) is 8. The lowest BCUT2D eigenvalue weighted by Gasteiger charge is -2.34. The van der Waals surface area contributed by atoms with E-state index in [2.05, 4.69) is 4.98 Å². The van der Waals surface area contributed by atoms with Gasteiger partial charge in [0.2, 0.25) is 0 Å². The fourth-order valence-corrected chi connectivity index (χ4v) is 5.96. The summed E-state index contributed by atoms with van der Waals surface area (Å²) in [6.45, 7) is 7.66. The highest BCUT2D eigenvalue weighted by molar-refractivity contribution is 7.09. The van der Waals surface area contributed by atoms with Crippen molar-refractivity contribution in [2.75, 3.05) is 0 Å². The molecule has 39 heavy (non-hydrogen) atoms. The van der Waals surface area contributed by atoms with Crippen molar-refractivity contribution >= 4 is 29.2 Å². The van der Waals surface area contributed by atoms with Crippen LogP contribution >= 0.6 is 11.3 Å². The first-order valence-corrected chi connectivity index (χ1v) is 14.0. The van der Waals surface area contributed by atoms with Crippen molar-refractivity contribution in [3.8, 4) is 0 Å². The second kappa shape index (κ2) is 12.2. The molecule has 1 aromatic rings. The van der Waals surface area contributed by atoms with Crippen LogP contribution in [0.4, 0.5) is 13.2 Å². The molecule has 0 aromatic carbocycles. The predicted octanol–water partition coefficient (Wildman–Crippen LogP) is 4.85. The highest BCUT2D eigenvalue weighted by Gasteiger charge is 2.49. The Morgan fingerprint density at radius 3 is 2.49 bits per heavy atom. The van der Waals surface area contributed by atoms with E-state index in [4.69, 9.17) is 4.74 Å². The van der Waals surface area contributed by atoms with Crippen LogP contribution in [0.5, 0.6) is 0 Å². The molecule has 0 unspecified atom stereocenters. The summed E-state index contributed by atoms with van der Waals surface area (Å²) in [4.78, 5) is 30.4. The first-order valence-electron chi connectivity index (χ1n) is 13.2. The number of aliphatic hydroxyl groups excluding tert-OH is 3. The quantitative estimate of drug-likeness (QED) is 0.350. The Kier molecular flexibility index (Phi) is 9.84. The van der Waals surface area contributed by atoms with Gasteiger partial charge in [0.15, 0.2) is 0 Å². The average Bonchev–Trinajstić information content (AvgIpc) is 3.49. The molecule has 3 rings (SSSR count). The van der Waals surface area contributed by atoms with Crippen molar-refractivity contribution in [1.82, 2.24) is 4.98 Å². The maximum Gasteiger partial charge on any atom is 0.412 e. The van der Waals surface area contributed by atoms with E-state index in [0.29, 0.717) is 22.7 Å². The second-order valence-electron chi connectivity index (χ2n) is 11.5. The van der Waals surface area contributed by atoms with Crippen molar-refractivity contribution in [3.05, 3.63) is 33.3 Å². The van der Waals surface area contributed by atoms with Crippen LogP contribution in [0.15, 0.2) is 22.6 Å². The number of Topliss-reactive ketones (excluding diaryl/α,β-unsaturated/α-hetero) is 1. The van der Waals surface area contributed by atoms with E-state index in [1.54, 1.807) is 32.2 Å². The van der Waals surface area contributed by atoms with Crippen LogP contribution in [0.25, 0.3) is 6.08 Å². The van der Waals surface area contributed by atoms with Crippen LogP contribution in [0.3, 0.4) is 0 Å². The third-order valence-corrected chi connectivity index (χ3v) is 9.08. The summed E-state index contributed by atoms with van der Waals surface area (Å²) >= 11 is 1.22. The molecule has 1 fully saturated rings. The SMILES string of the molecule is C/C(=C\c1csc(CO)n1)[C@@H]1C/C=C(/C(F)(F)F)C[C@@H]2C[C@@H]2[C@H](C)[C@H](O)[C@@H](C)C(=O)C(C)(C)[C@@H](O)CC(=O)O1. The van der Waals surface area contributed by atoms with Gasteiger partial charge in [-0.2, -0.15) is 13.2 Å². The van der Waals surface area contributed by atoms with Gasteiger partial charge in [-0.05, 0) is 49.2 Å². The van der Waals surface area contributed by atoms with Crippen LogP contribution < -0.4 is 0 Å². The molecular formula is C28H38F3NO6S. The lowest BCUT2D eigenvalue weighted by atomic mass is 9.72. The monoisotopic (exact) mass is 573 g/mol. The molecule has 2 aliphatic rings. The minimum absolute atomic E-state index is 0.164. The molecule has 0 radical (unpaired) electrons. The van der Waals surface area contributed by atoms with Gasteiger partial charge in [0, 0.05) is 23.3 Å². The van der Waals surface area contributed by atoms with Gasteiger partial charge in [0.05, 0.1) is 36.3 Å². The Morgan fingerprint density at radius 2 is 1.90 bits per heavy atom. The van der Waals surface area contributed by atoms with Gasteiger partial charge in [-0.3, -0.25) is 9.59 Å². The number of hydrogen-bond donors (Lipinski definition) is 3. The van der Waals surface area contributed by atoms with Gasteiger partial charge in [-0.25, -0.2) is 4.98 Å². The van der Waals surface area contributed by atoms with Gasteiger partial charge < -0.3 is 20.1 Å². The Labute approximate surface area is 230 Å². The zero-order valence-corrected chi connectivity index (χ0v) is 23.7. The highest BCUT2D eigenvalue weighted by Crippen LogP contribution is 2.51. The molecule has 0 saturated heterocycles. The number of esters is 1. The van der Waals surface area contributed by atoms with Crippen LogP contribution in [0, 0.1) is 29.1 Å². The maximum atomic E-state index is 14.0. The van der Waals surface area contributed by atoms with Crippen molar-refractivity contribution in [2.24, 2.45) is 29.1 Å². The molecular weight excluding hydrogens is 535 g/mol. The number of rotatable bonds is 3. The van der Waals surface area contributed by atoms with Gasteiger partial charge in [-0.1, -0.05) is 33.8 Å². The normalized spacial score (nSPS) is 34.6. The summed E-state index contributed by atoms with van der Waals surface area (Å²) in [6.07, 6.45) is -6.04. The number of nitrogens with zero attached hydrogens (tertiary/aromatic N) is 1. The minimum atomic E-state index is -4.58. The third-order valence-electron chi connectivity index (χ3n) is 8.23. The third kappa shape index (κ3) is 7.56. The molecule has 0 bridgehead atoms. The smallest absolute Gasteiger partial charge is 0.412 e. The zero-order chi connectivity index (χ0) is 29.3. The van der Waals surface area contributed by atoms with E-state index in [9.17, 15) is 38.1 Å². The topological polar surface area (TPSA) is 117 Å². The Balaban J connectivity index is 1.98. The van der Waals surface area contributed by atoms with Crippen LogP contribution in [0.1, 0.15) is 71.0 Å². The highest BCUT2D eigenvalue weighted by atomic mass is 32.1. The molecule has 1 saturated carbocycles. The van der Waals surface area contributed by atoms with Crippen molar-refractivity contribution in [1.29, 1.82) is 0 Å². The molecule has 3 N–H and O–H groups in total. The Bertz CT molecular complexity index is 1110. The van der Waals surface area contributed by atoms with E-state index >= 15 is 0 Å². The molecule has 1 aliphatic heterocycles. The Hall–Kier alpha value is -2.08. The molecule has 2 heterocycles. The van der Waals surface area contributed by atoms with Crippen LogP contribution in [-0.4, -0.2) is 56.5 Å². The van der Waals surface area contributed by atoms with Crippen LogP contribution in [0.2, 0.25) is 0 Å². The standard InChI is InChI=1S/C28H38F3NO6S/c1-14(8-19-13-39-23(12-33)32-19)21-7-6-18(28(29,30)31)9-17-10-20(17)15(2)25(36)16(3)26(37)27(4,5)22(34)11-24(35)38-21/h6,8,13,15-17,20-22,25,33-34,36H,7,9-12H2,1-5H3/b14-8+,18-6+/t15-,16+,17+,20+,21-,22-,25-/m0/s1. The summed E-state index contributed by atoms with van der Waals surface area (Å²) in [5.74, 6) is -3.05. The number of aromatic nitrogens is 1. The fraction of sp³-hybridized carbons (Fsp3) is 0.679. The molecule has 218 valence electrons. The number of carbonyl (C=O) groups is 2.